The van der Waals surface area contributed by atoms with Crippen molar-refractivity contribution in [2.75, 3.05) is 25.4 Å². The fourth-order valence-corrected chi connectivity index (χ4v) is 2.75. The molecule has 1 fully saturated rings. The lowest BCUT2D eigenvalue weighted by molar-refractivity contribution is 0.345. The van der Waals surface area contributed by atoms with Gasteiger partial charge in [0.2, 0.25) is 0 Å². The molecular formula is C10H22N2O2S. The van der Waals surface area contributed by atoms with Crippen LogP contribution in [-0.4, -0.2) is 50.0 Å². The molecule has 0 saturated carbocycles. The van der Waals surface area contributed by atoms with Gasteiger partial charge < -0.3 is 10.6 Å². The van der Waals surface area contributed by atoms with E-state index in [0.717, 1.165) is 13.1 Å². The fraction of sp³-hybridized carbons (Fsp3) is 1.00. The van der Waals surface area contributed by atoms with Gasteiger partial charge in [0.25, 0.3) is 0 Å². The third-order valence-electron chi connectivity index (χ3n) is 3.16. The lowest BCUT2D eigenvalue weighted by Gasteiger charge is -2.16. The Kier molecular flexibility index (Phi) is 4.14. The van der Waals surface area contributed by atoms with E-state index in [4.69, 9.17) is 5.73 Å². The summed E-state index contributed by atoms with van der Waals surface area (Å²) in [7, 11) is -2.90. The largest absolute Gasteiger partial charge is 0.326 e. The van der Waals surface area contributed by atoms with Crippen molar-refractivity contribution in [1.82, 2.24) is 4.90 Å². The molecule has 0 amide bonds. The predicted octanol–water partition coefficient (Wildman–Crippen LogP) is 0.0886. The molecule has 1 aliphatic rings. The van der Waals surface area contributed by atoms with E-state index >= 15 is 0 Å². The van der Waals surface area contributed by atoms with Crippen LogP contribution in [0, 0.1) is 5.92 Å². The maximum Gasteiger partial charge on any atom is 0.153 e. The molecule has 15 heavy (non-hydrogen) atoms. The molecule has 1 saturated heterocycles. The molecule has 90 valence electrons. The standard InChI is InChI=1S/C10H22N2O2S/c1-8(2)15(13,14)5-4-12-6-9(3)10(11)7-12/h8-10H,4-7,11H2,1-3H3. The number of likely N-dealkylation sites (tertiary alicyclic amines) is 1. The molecule has 1 aliphatic heterocycles. The zero-order valence-corrected chi connectivity index (χ0v) is 10.6. The maximum absolute atomic E-state index is 11.6. The fourth-order valence-electron chi connectivity index (χ4n) is 1.77. The molecule has 2 N–H and O–H groups in total. The van der Waals surface area contributed by atoms with Crippen LogP contribution in [0.4, 0.5) is 0 Å². The first-order valence-corrected chi connectivity index (χ1v) is 7.24. The Balaban J connectivity index is 2.39. The highest BCUT2D eigenvalue weighted by molar-refractivity contribution is 7.92. The third kappa shape index (κ3) is 3.43. The summed E-state index contributed by atoms with van der Waals surface area (Å²) in [6.45, 7) is 7.95. The Labute approximate surface area is 92.7 Å². The van der Waals surface area contributed by atoms with Crippen molar-refractivity contribution in [3.05, 3.63) is 0 Å². The van der Waals surface area contributed by atoms with Crippen molar-refractivity contribution in [3.63, 3.8) is 0 Å². The summed E-state index contributed by atoms with van der Waals surface area (Å²) in [5.41, 5.74) is 5.88. The summed E-state index contributed by atoms with van der Waals surface area (Å²) < 4.78 is 23.2. The van der Waals surface area contributed by atoms with Gasteiger partial charge in [-0.05, 0) is 19.8 Å². The number of hydrogen-bond acceptors (Lipinski definition) is 4. The highest BCUT2D eigenvalue weighted by atomic mass is 32.2. The van der Waals surface area contributed by atoms with Crippen molar-refractivity contribution in [1.29, 1.82) is 0 Å². The molecule has 0 aromatic rings. The smallest absolute Gasteiger partial charge is 0.153 e. The van der Waals surface area contributed by atoms with Crippen LogP contribution >= 0.6 is 0 Å². The number of sulfone groups is 1. The molecule has 1 rings (SSSR count). The van der Waals surface area contributed by atoms with E-state index in [1.807, 2.05) is 0 Å². The Morgan fingerprint density at radius 1 is 1.40 bits per heavy atom. The number of hydrogen-bond donors (Lipinski definition) is 1. The molecular weight excluding hydrogens is 212 g/mol. The van der Waals surface area contributed by atoms with E-state index in [9.17, 15) is 8.42 Å². The zero-order chi connectivity index (χ0) is 11.6. The van der Waals surface area contributed by atoms with Gasteiger partial charge in [-0.2, -0.15) is 0 Å². The SMILES string of the molecule is CC1CN(CCS(=O)(=O)C(C)C)CC1N. The van der Waals surface area contributed by atoms with Crippen LogP contribution < -0.4 is 5.73 Å². The van der Waals surface area contributed by atoms with Crippen molar-refractivity contribution in [2.24, 2.45) is 11.7 Å². The topological polar surface area (TPSA) is 63.4 Å². The average molecular weight is 234 g/mol. The summed E-state index contributed by atoms with van der Waals surface area (Å²) in [5.74, 6) is 0.733. The first-order valence-electron chi connectivity index (χ1n) is 5.52. The molecule has 0 radical (unpaired) electrons. The lowest BCUT2D eigenvalue weighted by atomic mass is 10.1. The number of nitrogens with two attached hydrogens (primary N) is 1. The normalized spacial score (nSPS) is 28.9. The number of rotatable bonds is 4. The van der Waals surface area contributed by atoms with Gasteiger partial charge in [-0.15, -0.1) is 0 Å². The van der Waals surface area contributed by atoms with Crippen LogP contribution in [0.5, 0.6) is 0 Å². The monoisotopic (exact) mass is 234 g/mol. The molecule has 5 heteroatoms. The summed E-state index contributed by atoms with van der Waals surface area (Å²) in [4.78, 5) is 2.15. The van der Waals surface area contributed by atoms with Gasteiger partial charge in [0.1, 0.15) is 0 Å². The first-order chi connectivity index (χ1) is 6.83. The van der Waals surface area contributed by atoms with Crippen LogP contribution in [0.15, 0.2) is 0 Å². The highest BCUT2D eigenvalue weighted by Gasteiger charge is 2.27. The second-order valence-corrected chi connectivity index (χ2v) is 7.49. The molecule has 0 aliphatic carbocycles. The van der Waals surface area contributed by atoms with Gasteiger partial charge in [-0.3, -0.25) is 0 Å². The zero-order valence-electron chi connectivity index (χ0n) is 9.81. The van der Waals surface area contributed by atoms with E-state index in [-0.39, 0.29) is 17.0 Å². The molecule has 2 atom stereocenters. The predicted molar refractivity (Wildman–Crippen MR) is 62.5 cm³/mol. The van der Waals surface area contributed by atoms with E-state index in [1.165, 1.54) is 0 Å². The Morgan fingerprint density at radius 3 is 2.40 bits per heavy atom. The quantitative estimate of drug-likeness (QED) is 0.749. The minimum Gasteiger partial charge on any atom is -0.326 e. The Bertz CT molecular complexity index is 291. The van der Waals surface area contributed by atoms with E-state index in [2.05, 4.69) is 11.8 Å². The molecule has 0 spiro atoms. The van der Waals surface area contributed by atoms with E-state index in [0.29, 0.717) is 12.5 Å². The lowest BCUT2D eigenvalue weighted by Crippen LogP contribution is -2.32. The second kappa shape index (κ2) is 4.80. The van der Waals surface area contributed by atoms with Crippen LogP contribution in [0.1, 0.15) is 20.8 Å². The van der Waals surface area contributed by atoms with Gasteiger partial charge in [0.15, 0.2) is 9.84 Å². The Morgan fingerprint density at radius 2 is 2.00 bits per heavy atom. The van der Waals surface area contributed by atoms with Gasteiger partial charge in [-0.1, -0.05) is 6.92 Å². The van der Waals surface area contributed by atoms with Crippen LogP contribution in [0.2, 0.25) is 0 Å². The first kappa shape index (κ1) is 12.9. The molecule has 0 aromatic heterocycles. The summed E-state index contributed by atoms with van der Waals surface area (Å²) in [5, 5.41) is -0.272. The van der Waals surface area contributed by atoms with E-state index in [1.54, 1.807) is 13.8 Å². The van der Waals surface area contributed by atoms with E-state index < -0.39 is 9.84 Å². The van der Waals surface area contributed by atoms with Gasteiger partial charge >= 0.3 is 0 Å². The van der Waals surface area contributed by atoms with Crippen molar-refractivity contribution >= 4 is 9.84 Å². The summed E-state index contributed by atoms with van der Waals surface area (Å²) in [6, 6.07) is 0.201. The maximum atomic E-state index is 11.6. The molecule has 4 nitrogen and oxygen atoms in total. The number of nitrogens with zero attached hydrogens (tertiary/aromatic N) is 1. The van der Waals surface area contributed by atoms with Crippen molar-refractivity contribution < 1.29 is 8.42 Å². The van der Waals surface area contributed by atoms with Crippen LogP contribution in [0.3, 0.4) is 0 Å². The minimum atomic E-state index is -2.90. The average Bonchev–Trinajstić information content (AvgIpc) is 2.43. The van der Waals surface area contributed by atoms with Gasteiger partial charge in [-0.25, -0.2) is 8.42 Å². The third-order valence-corrected chi connectivity index (χ3v) is 5.34. The van der Waals surface area contributed by atoms with Crippen molar-refractivity contribution in [3.8, 4) is 0 Å². The second-order valence-electron chi connectivity index (χ2n) is 4.82. The summed E-state index contributed by atoms with van der Waals surface area (Å²) in [6.07, 6.45) is 0. The Hall–Kier alpha value is -0.130. The molecule has 0 bridgehead atoms. The molecule has 2 unspecified atom stereocenters. The minimum absolute atomic E-state index is 0.201. The van der Waals surface area contributed by atoms with Gasteiger partial charge in [0.05, 0.1) is 11.0 Å². The summed E-state index contributed by atoms with van der Waals surface area (Å²) >= 11 is 0. The molecule has 0 aromatic carbocycles. The van der Waals surface area contributed by atoms with Gasteiger partial charge in [0, 0.05) is 25.7 Å². The highest BCUT2D eigenvalue weighted by Crippen LogP contribution is 2.14. The van der Waals surface area contributed by atoms with Crippen molar-refractivity contribution in [2.45, 2.75) is 32.1 Å². The van der Waals surface area contributed by atoms with Crippen LogP contribution in [0.25, 0.3) is 0 Å². The molecule has 1 heterocycles. The van der Waals surface area contributed by atoms with Crippen LogP contribution in [-0.2, 0) is 9.84 Å².